The Morgan fingerprint density at radius 3 is 2.04 bits per heavy atom. The third-order valence-corrected chi connectivity index (χ3v) is 11.3. The van der Waals surface area contributed by atoms with Crippen LogP contribution < -0.4 is 21.3 Å². The van der Waals surface area contributed by atoms with Gasteiger partial charge < -0.3 is 26.3 Å². The minimum Gasteiger partial charge on any atom is -0.361 e. The summed E-state index contributed by atoms with van der Waals surface area (Å²) in [4.78, 5) is 54.9. The summed E-state index contributed by atoms with van der Waals surface area (Å²) in [5.41, 5.74) is 1.80. The highest BCUT2D eigenvalue weighted by atomic mass is 79.9. The number of benzene rings is 1. The van der Waals surface area contributed by atoms with Gasteiger partial charge in [0, 0.05) is 53.5 Å². The van der Waals surface area contributed by atoms with Crippen molar-refractivity contribution < 1.29 is 19.2 Å². The summed E-state index contributed by atoms with van der Waals surface area (Å²) in [5.74, 6) is 0.895. The van der Waals surface area contributed by atoms with Gasteiger partial charge in [0.25, 0.3) is 0 Å². The molecule has 1 aliphatic rings. The molecule has 10 heteroatoms. The smallest absolute Gasteiger partial charge is 0.244 e. The second-order valence-corrected chi connectivity index (χ2v) is 16.3. The second-order valence-electron chi connectivity index (χ2n) is 15.4. The number of hydrogen-bond acceptors (Lipinski definition) is 4. The lowest BCUT2D eigenvalue weighted by atomic mass is 9.76. The summed E-state index contributed by atoms with van der Waals surface area (Å²) in [6.45, 7) is 8.13. The van der Waals surface area contributed by atoms with Crippen molar-refractivity contribution in [3.05, 3.63) is 34.4 Å². The molecule has 1 heterocycles. The van der Waals surface area contributed by atoms with E-state index in [1.165, 1.54) is 51.4 Å². The molecule has 1 saturated carbocycles. The lowest BCUT2D eigenvalue weighted by molar-refractivity contribution is -0.130. The first-order valence-electron chi connectivity index (χ1n) is 20.5. The Balaban J connectivity index is 1.33. The van der Waals surface area contributed by atoms with E-state index in [1.54, 1.807) is 0 Å². The average molecular weight is 787 g/mol. The Morgan fingerprint density at radius 1 is 0.769 bits per heavy atom. The number of rotatable bonds is 26. The number of hydrogen-bond donors (Lipinski definition) is 5. The Morgan fingerprint density at radius 2 is 1.38 bits per heavy atom. The fourth-order valence-electron chi connectivity index (χ4n) is 7.35. The molecule has 52 heavy (non-hydrogen) atoms. The van der Waals surface area contributed by atoms with Gasteiger partial charge in [-0.15, -0.1) is 0 Å². The molecule has 1 atom stereocenters. The first-order valence-corrected chi connectivity index (χ1v) is 21.3. The maximum Gasteiger partial charge on any atom is 0.244 e. The van der Waals surface area contributed by atoms with Gasteiger partial charge in [-0.3, -0.25) is 19.2 Å². The molecule has 5 N–H and O–H groups in total. The van der Waals surface area contributed by atoms with Gasteiger partial charge in [-0.2, -0.15) is 0 Å². The first-order chi connectivity index (χ1) is 25.2. The molecule has 292 valence electrons. The van der Waals surface area contributed by atoms with Crippen molar-refractivity contribution in [1.82, 2.24) is 26.3 Å². The second kappa shape index (κ2) is 25.2. The van der Waals surface area contributed by atoms with Crippen molar-refractivity contribution in [3.63, 3.8) is 0 Å². The van der Waals surface area contributed by atoms with E-state index in [9.17, 15) is 19.2 Å². The van der Waals surface area contributed by atoms with Crippen LogP contribution in [0.4, 0.5) is 0 Å². The molecule has 0 aliphatic heterocycles. The molecule has 2 aromatic rings. The number of carbonyl (C=O) groups is 4. The number of fused-ring (bicyclic) bond motifs is 1. The molecule has 9 nitrogen and oxygen atoms in total. The molecule has 1 aliphatic carbocycles. The van der Waals surface area contributed by atoms with E-state index in [-0.39, 0.29) is 42.5 Å². The minimum atomic E-state index is -0.845. The zero-order valence-corrected chi connectivity index (χ0v) is 34.0. The number of halogens is 1. The lowest BCUT2D eigenvalue weighted by Crippen LogP contribution is -2.53. The van der Waals surface area contributed by atoms with E-state index in [4.69, 9.17) is 0 Å². The predicted octanol–water partition coefficient (Wildman–Crippen LogP) is 8.64. The maximum atomic E-state index is 13.3. The zero-order chi connectivity index (χ0) is 37.6. The Hall–Kier alpha value is -2.88. The van der Waals surface area contributed by atoms with Gasteiger partial charge in [0.15, 0.2) is 0 Å². The summed E-state index contributed by atoms with van der Waals surface area (Å²) >= 11 is 3.51. The van der Waals surface area contributed by atoms with Crippen LogP contribution in [0.2, 0.25) is 0 Å². The molecule has 0 saturated heterocycles. The third-order valence-electron chi connectivity index (χ3n) is 10.8. The van der Waals surface area contributed by atoms with Crippen molar-refractivity contribution in [1.29, 1.82) is 0 Å². The van der Waals surface area contributed by atoms with Crippen molar-refractivity contribution in [2.75, 3.05) is 19.6 Å². The Labute approximate surface area is 321 Å². The van der Waals surface area contributed by atoms with Gasteiger partial charge in [0.1, 0.15) is 6.04 Å². The largest absolute Gasteiger partial charge is 0.361 e. The third kappa shape index (κ3) is 16.9. The minimum absolute atomic E-state index is 0.0234. The van der Waals surface area contributed by atoms with Crippen LogP contribution >= 0.6 is 15.9 Å². The van der Waals surface area contributed by atoms with Gasteiger partial charge in [-0.05, 0) is 80.5 Å². The van der Waals surface area contributed by atoms with Crippen LogP contribution in [-0.4, -0.2) is 54.3 Å². The van der Waals surface area contributed by atoms with Crippen molar-refractivity contribution >= 4 is 50.5 Å². The quantitative estimate of drug-likeness (QED) is 0.0611. The molecular formula is C42H68BrN5O4. The standard InChI is InChI=1S/C42H68BrN5O4/c1-4-5-6-13-16-25-44-39(49)18-15-12-10-8-7-9-11-14-17-26-45-42(52)38(30-47-41(51)33-21-19-32(20-22-33)31(2)3)48-40(50)27-34-29-46-37-24-23-35(43)28-36(34)37/h23-24,28-29,31-33,38,46H,4-22,25-27,30H2,1-3H3,(H,44,49)(H,45,52)(H,47,51)(H,48,50). The SMILES string of the molecule is CCCCCCCNC(=O)CCCCCCCCCCCNC(=O)C(CNC(=O)C1CCC(C(C)C)CC1)NC(=O)Cc1c[nH]c2ccc(Br)cc12. The predicted molar refractivity (Wildman–Crippen MR) is 216 cm³/mol. The first kappa shape index (κ1) is 43.5. The van der Waals surface area contributed by atoms with E-state index < -0.39 is 6.04 Å². The molecule has 1 aromatic carbocycles. The van der Waals surface area contributed by atoms with Crippen LogP contribution in [0.5, 0.6) is 0 Å². The van der Waals surface area contributed by atoms with Crippen LogP contribution in [0.1, 0.15) is 148 Å². The Kier molecular flexibility index (Phi) is 21.1. The number of aromatic amines is 1. The summed E-state index contributed by atoms with van der Waals surface area (Å²) in [7, 11) is 0. The van der Waals surface area contributed by atoms with Gasteiger partial charge in [0.2, 0.25) is 23.6 Å². The number of unbranched alkanes of at least 4 members (excludes halogenated alkanes) is 12. The normalized spacial score (nSPS) is 16.5. The number of H-pyrrole nitrogens is 1. The summed E-state index contributed by atoms with van der Waals surface area (Å²) in [5, 5.41) is 12.9. The maximum absolute atomic E-state index is 13.3. The fraction of sp³-hybridized carbons (Fsp3) is 0.714. The van der Waals surface area contributed by atoms with Gasteiger partial charge in [-0.25, -0.2) is 0 Å². The van der Waals surface area contributed by atoms with Crippen molar-refractivity contribution in [2.24, 2.45) is 17.8 Å². The van der Waals surface area contributed by atoms with E-state index in [2.05, 4.69) is 63.0 Å². The van der Waals surface area contributed by atoms with E-state index in [0.29, 0.717) is 24.8 Å². The van der Waals surface area contributed by atoms with Crippen molar-refractivity contribution in [3.8, 4) is 0 Å². The average Bonchev–Trinajstić information content (AvgIpc) is 3.52. The molecular weight excluding hydrogens is 718 g/mol. The van der Waals surface area contributed by atoms with E-state index >= 15 is 0 Å². The summed E-state index contributed by atoms with van der Waals surface area (Å²) in [6.07, 6.45) is 22.3. The molecule has 0 bridgehead atoms. The van der Waals surface area contributed by atoms with Gasteiger partial charge >= 0.3 is 0 Å². The van der Waals surface area contributed by atoms with Crippen LogP contribution in [-0.2, 0) is 25.6 Å². The zero-order valence-electron chi connectivity index (χ0n) is 32.4. The number of aromatic nitrogens is 1. The van der Waals surface area contributed by atoms with Crippen molar-refractivity contribution in [2.45, 2.75) is 155 Å². The molecule has 3 rings (SSSR count). The van der Waals surface area contributed by atoms with E-state index in [0.717, 1.165) is 91.7 Å². The monoisotopic (exact) mass is 785 g/mol. The molecule has 1 fully saturated rings. The molecule has 0 radical (unpaired) electrons. The molecule has 1 unspecified atom stereocenters. The van der Waals surface area contributed by atoms with Gasteiger partial charge in [0.05, 0.1) is 6.42 Å². The molecule has 1 aromatic heterocycles. The number of amides is 4. The highest BCUT2D eigenvalue weighted by Gasteiger charge is 2.29. The number of carbonyl (C=O) groups excluding carboxylic acids is 4. The summed E-state index contributed by atoms with van der Waals surface area (Å²) < 4.78 is 0.930. The molecule has 0 spiro atoms. The number of nitrogens with one attached hydrogen (secondary N) is 5. The van der Waals surface area contributed by atoms with Gasteiger partial charge in [-0.1, -0.05) is 107 Å². The van der Waals surface area contributed by atoms with Crippen LogP contribution in [0.15, 0.2) is 28.9 Å². The highest BCUT2D eigenvalue weighted by molar-refractivity contribution is 9.10. The topological polar surface area (TPSA) is 132 Å². The Bertz CT molecular complexity index is 1350. The van der Waals surface area contributed by atoms with E-state index in [1.807, 2.05) is 24.4 Å². The molecule has 4 amide bonds. The van der Waals surface area contributed by atoms with Crippen LogP contribution in [0, 0.1) is 17.8 Å². The lowest BCUT2D eigenvalue weighted by Gasteiger charge is -2.30. The highest BCUT2D eigenvalue weighted by Crippen LogP contribution is 2.33. The van der Waals surface area contributed by atoms with Crippen LogP contribution in [0.3, 0.4) is 0 Å². The van der Waals surface area contributed by atoms with Crippen LogP contribution in [0.25, 0.3) is 10.9 Å². The summed E-state index contributed by atoms with van der Waals surface area (Å²) in [6, 6.07) is 5.05. The fourth-order valence-corrected chi connectivity index (χ4v) is 7.71.